The molecule has 1 aliphatic rings. The number of hydrogen-bond donors (Lipinski definition) is 1. The van der Waals surface area contributed by atoms with Gasteiger partial charge >= 0.3 is 6.18 Å². The first-order chi connectivity index (χ1) is 9.76. The quantitative estimate of drug-likeness (QED) is 0.922. The fourth-order valence-corrected chi connectivity index (χ4v) is 4.26. The second-order valence-corrected chi connectivity index (χ2v) is 7.03. The fourth-order valence-electron chi connectivity index (χ4n) is 2.37. The number of alkyl halides is 3. The van der Waals surface area contributed by atoms with Crippen LogP contribution in [0.25, 0.3) is 0 Å². The Hall–Kier alpha value is -1.12. The highest BCUT2D eigenvalue weighted by atomic mass is 32.2. The van der Waals surface area contributed by atoms with Gasteiger partial charge in [0.1, 0.15) is 5.25 Å². The first kappa shape index (κ1) is 16.3. The average molecular weight is 323 g/mol. The zero-order valence-electron chi connectivity index (χ0n) is 11.4. The van der Waals surface area contributed by atoms with Crippen LogP contribution in [0.1, 0.15) is 12.0 Å². The highest BCUT2D eigenvalue weighted by molar-refractivity contribution is 7.92. The molecule has 0 spiro atoms. The SMILES string of the molecule is CNC1CCOCC1S(=O)(=O)c1cccc(C(F)(F)F)c1. The minimum Gasteiger partial charge on any atom is -0.380 e. The van der Waals surface area contributed by atoms with Gasteiger partial charge in [-0.1, -0.05) is 6.07 Å². The zero-order valence-corrected chi connectivity index (χ0v) is 12.2. The van der Waals surface area contributed by atoms with Crippen LogP contribution in [0.2, 0.25) is 0 Å². The molecule has 0 amide bonds. The molecule has 1 aromatic carbocycles. The van der Waals surface area contributed by atoms with Crippen LogP contribution in [0.4, 0.5) is 13.2 Å². The van der Waals surface area contributed by atoms with Crippen LogP contribution in [0, 0.1) is 0 Å². The summed E-state index contributed by atoms with van der Waals surface area (Å²) in [6.45, 7) is 0.407. The highest BCUT2D eigenvalue weighted by Gasteiger charge is 2.38. The van der Waals surface area contributed by atoms with Crippen molar-refractivity contribution in [2.45, 2.75) is 28.8 Å². The van der Waals surface area contributed by atoms with Crippen molar-refractivity contribution in [3.05, 3.63) is 29.8 Å². The van der Waals surface area contributed by atoms with Gasteiger partial charge in [0, 0.05) is 12.6 Å². The van der Waals surface area contributed by atoms with Crippen molar-refractivity contribution in [1.29, 1.82) is 0 Å². The molecule has 8 heteroatoms. The molecule has 0 radical (unpaired) electrons. The predicted octanol–water partition coefficient (Wildman–Crippen LogP) is 1.86. The summed E-state index contributed by atoms with van der Waals surface area (Å²) in [5.74, 6) is 0. The van der Waals surface area contributed by atoms with Gasteiger partial charge in [0.2, 0.25) is 0 Å². The average Bonchev–Trinajstić information content (AvgIpc) is 2.46. The molecule has 0 aliphatic carbocycles. The summed E-state index contributed by atoms with van der Waals surface area (Å²) in [6.07, 6.45) is -4.07. The van der Waals surface area contributed by atoms with Gasteiger partial charge in [-0.05, 0) is 31.7 Å². The molecule has 1 fully saturated rings. The van der Waals surface area contributed by atoms with Gasteiger partial charge in [-0.15, -0.1) is 0 Å². The second kappa shape index (κ2) is 5.94. The lowest BCUT2D eigenvalue weighted by Gasteiger charge is -2.31. The maximum Gasteiger partial charge on any atom is 0.416 e. The normalized spacial score (nSPS) is 24.0. The Morgan fingerprint density at radius 3 is 2.67 bits per heavy atom. The number of hydrogen-bond acceptors (Lipinski definition) is 4. The Bertz CT molecular complexity index is 601. The van der Waals surface area contributed by atoms with Crippen LogP contribution < -0.4 is 5.32 Å². The van der Waals surface area contributed by atoms with E-state index in [0.717, 1.165) is 12.1 Å². The van der Waals surface area contributed by atoms with E-state index in [2.05, 4.69) is 5.32 Å². The third-order valence-corrected chi connectivity index (χ3v) is 5.74. The number of rotatable bonds is 3. The molecule has 2 unspecified atom stereocenters. The minimum atomic E-state index is -4.57. The predicted molar refractivity (Wildman–Crippen MR) is 70.7 cm³/mol. The molecule has 4 nitrogen and oxygen atoms in total. The molecule has 1 aromatic rings. The smallest absolute Gasteiger partial charge is 0.380 e. The molecule has 118 valence electrons. The first-order valence-electron chi connectivity index (χ1n) is 6.43. The lowest BCUT2D eigenvalue weighted by Crippen LogP contribution is -2.49. The van der Waals surface area contributed by atoms with E-state index in [0.29, 0.717) is 19.1 Å². The Morgan fingerprint density at radius 2 is 2.05 bits per heavy atom. The van der Waals surface area contributed by atoms with Crippen molar-refractivity contribution in [2.24, 2.45) is 0 Å². The van der Waals surface area contributed by atoms with Crippen molar-refractivity contribution in [1.82, 2.24) is 5.32 Å². The van der Waals surface area contributed by atoms with Crippen molar-refractivity contribution in [3.63, 3.8) is 0 Å². The van der Waals surface area contributed by atoms with Gasteiger partial charge in [-0.3, -0.25) is 0 Å². The van der Waals surface area contributed by atoms with Gasteiger partial charge in [0.25, 0.3) is 0 Å². The summed E-state index contributed by atoms with van der Waals surface area (Å²) < 4.78 is 68.4. The number of nitrogens with one attached hydrogen (secondary N) is 1. The molecule has 1 heterocycles. The molecule has 0 bridgehead atoms. The molecular formula is C13H16F3NO3S. The molecule has 0 aromatic heterocycles. The van der Waals surface area contributed by atoms with E-state index in [-0.39, 0.29) is 17.5 Å². The van der Waals surface area contributed by atoms with E-state index in [9.17, 15) is 21.6 Å². The third kappa shape index (κ3) is 3.38. The van der Waals surface area contributed by atoms with Crippen LogP contribution in [0.15, 0.2) is 29.2 Å². The van der Waals surface area contributed by atoms with Crippen LogP contribution in [-0.4, -0.2) is 40.0 Å². The van der Waals surface area contributed by atoms with Crippen LogP contribution in [0.3, 0.4) is 0 Å². The standard InChI is InChI=1S/C13H16F3NO3S/c1-17-11-5-6-20-8-12(11)21(18,19)10-4-2-3-9(7-10)13(14,15)16/h2-4,7,11-12,17H,5-6,8H2,1H3. The van der Waals surface area contributed by atoms with Gasteiger partial charge in [0.05, 0.1) is 17.1 Å². The summed E-state index contributed by atoms with van der Waals surface area (Å²) in [5, 5.41) is 2.00. The number of halogens is 3. The largest absolute Gasteiger partial charge is 0.416 e. The Balaban J connectivity index is 2.39. The van der Waals surface area contributed by atoms with Gasteiger partial charge in [-0.25, -0.2) is 8.42 Å². The minimum absolute atomic E-state index is 0.0237. The monoisotopic (exact) mass is 323 g/mol. The Morgan fingerprint density at radius 1 is 1.33 bits per heavy atom. The number of ether oxygens (including phenoxy) is 1. The van der Waals surface area contributed by atoms with Crippen molar-refractivity contribution in [3.8, 4) is 0 Å². The van der Waals surface area contributed by atoms with Crippen LogP contribution in [-0.2, 0) is 20.8 Å². The molecule has 2 rings (SSSR count). The lowest BCUT2D eigenvalue weighted by molar-refractivity contribution is -0.137. The molecule has 2 atom stereocenters. The maximum absolute atomic E-state index is 12.7. The summed E-state index contributed by atoms with van der Waals surface area (Å²) >= 11 is 0. The van der Waals surface area contributed by atoms with Crippen LogP contribution >= 0.6 is 0 Å². The third-order valence-electron chi connectivity index (χ3n) is 3.56. The Labute approximate surface area is 121 Å². The molecular weight excluding hydrogens is 307 g/mol. The summed E-state index contributed by atoms with van der Waals surface area (Å²) in [5.41, 5.74) is -0.971. The lowest BCUT2D eigenvalue weighted by atomic mass is 10.1. The second-order valence-electron chi connectivity index (χ2n) is 4.87. The van der Waals surface area contributed by atoms with E-state index in [1.807, 2.05) is 0 Å². The van der Waals surface area contributed by atoms with Crippen molar-refractivity contribution < 1.29 is 26.3 Å². The van der Waals surface area contributed by atoms with Gasteiger partial charge in [-0.2, -0.15) is 13.2 Å². The van der Waals surface area contributed by atoms with Gasteiger partial charge < -0.3 is 10.1 Å². The summed E-state index contributed by atoms with van der Waals surface area (Å²) in [6, 6.07) is 3.49. The zero-order chi connectivity index (χ0) is 15.7. The topological polar surface area (TPSA) is 55.4 Å². The highest BCUT2D eigenvalue weighted by Crippen LogP contribution is 2.32. The van der Waals surface area contributed by atoms with Crippen molar-refractivity contribution >= 4 is 9.84 Å². The maximum atomic E-state index is 12.7. The van der Waals surface area contributed by atoms with E-state index < -0.39 is 26.8 Å². The summed E-state index contributed by atoms with van der Waals surface area (Å²) in [4.78, 5) is -0.326. The van der Waals surface area contributed by atoms with E-state index in [4.69, 9.17) is 4.74 Å². The van der Waals surface area contributed by atoms with Crippen molar-refractivity contribution in [2.75, 3.05) is 20.3 Å². The molecule has 21 heavy (non-hydrogen) atoms. The molecule has 0 saturated carbocycles. The number of sulfone groups is 1. The first-order valence-corrected chi connectivity index (χ1v) is 7.97. The molecule has 1 saturated heterocycles. The van der Waals surface area contributed by atoms with Crippen LogP contribution in [0.5, 0.6) is 0 Å². The van der Waals surface area contributed by atoms with E-state index in [1.165, 1.54) is 6.07 Å². The molecule has 1 N–H and O–H groups in total. The number of benzene rings is 1. The molecule has 1 aliphatic heterocycles. The fraction of sp³-hybridized carbons (Fsp3) is 0.538. The van der Waals surface area contributed by atoms with E-state index in [1.54, 1.807) is 7.05 Å². The Kier molecular flexibility index (Phi) is 4.60. The van der Waals surface area contributed by atoms with E-state index >= 15 is 0 Å². The van der Waals surface area contributed by atoms with Gasteiger partial charge in [0.15, 0.2) is 9.84 Å². The summed E-state index contributed by atoms with van der Waals surface area (Å²) in [7, 11) is -2.26.